The zero-order chi connectivity index (χ0) is 13.3. The summed E-state index contributed by atoms with van der Waals surface area (Å²) in [5.74, 6) is 0. The molecule has 1 aromatic carbocycles. The van der Waals surface area contributed by atoms with Gasteiger partial charge in [-0.2, -0.15) is 0 Å². The second kappa shape index (κ2) is 5.49. The van der Waals surface area contributed by atoms with Gasteiger partial charge >= 0.3 is 0 Å². The molecule has 1 unspecified atom stereocenters. The Morgan fingerprint density at radius 1 is 1.50 bits per heavy atom. The Balaban J connectivity index is 2.08. The SMILES string of the molecule is CC1(C)CN(Cc2cc(Cl)ccc2Br)CCC1N. The number of likely N-dealkylation sites (tertiary alicyclic amines) is 1. The van der Waals surface area contributed by atoms with E-state index in [-0.39, 0.29) is 5.41 Å². The molecule has 1 aromatic rings. The van der Waals surface area contributed by atoms with Crippen LogP contribution in [0.5, 0.6) is 0 Å². The van der Waals surface area contributed by atoms with Gasteiger partial charge in [0.05, 0.1) is 0 Å². The highest BCUT2D eigenvalue weighted by atomic mass is 79.9. The van der Waals surface area contributed by atoms with Crippen LogP contribution >= 0.6 is 27.5 Å². The minimum atomic E-state index is 0.184. The molecule has 1 saturated heterocycles. The third-order valence-electron chi connectivity index (χ3n) is 3.79. The van der Waals surface area contributed by atoms with E-state index in [0.717, 1.165) is 35.6 Å². The molecule has 0 aliphatic carbocycles. The van der Waals surface area contributed by atoms with E-state index in [2.05, 4.69) is 34.7 Å². The van der Waals surface area contributed by atoms with E-state index < -0.39 is 0 Å². The van der Waals surface area contributed by atoms with Gasteiger partial charge in [-0.25, -0.2) is 0 Å². The minimum Gasteiger partial charge on any atom is -0.327 e. The maximum atomic E-state index is 6.17. The molecule has 18 heavy (non-hydrogen) atoms. The Bertz CT molecular complexity index is 434. The van der Waals surface area contributed by atoms with Crippen LogP contribution in [-0.2, 0) is 6.54 Å². The largest absolute Gasteiger partial charge is 0.327 e. The van der Waals surface area contributed by atoms with E-state index >= 15 is 0 Å². The average molecular weight is 332 g/mol. The van der Waals surface area contributed by atoms with E-state index in [9.17, 15) is 0 Å². The zero-order valence-corrected chi connectivity index (χ0v) is 13.3. The highest BCUT2D eigenvalue weighted by molar-refractivity contribution is 9.10. The van der Waals surface area contributed by atoms with E-state index in [1.54, 1.807) is 0 Å². The van der Waals surface area contributed by atoms with Gasteiger partial charge in [-0.3, -0.25) is 4.90 Å². The average Bonchev–Trinajstić information content (AvgIpc) is 2.28. The lowest BCUT2D eigenvalue weighted by molar-refractivity contribution is 0.0897. The normalized spacial score (nSPS) is 24.2. The molecular weight excluding hydrogens is 312 g/mol. The first-order valence-corrected chi connectivity index (χ1v) is 7.47. The summed E-state index contributed by atoms with van der Waals surface area (Å²) in [5, 5.41) is 0.793. The molecule has 0 saturated carbocycles. The van der Waals surface area contributed by atoms with Crippen molar-refractivity contribution in [3.05, 3.63) is 33.3 Å². The van der Waals surface area contributed by atoms with Crippen molar-refractivity contribution in [1.82, 2.24) is 4.90 Å². The molecule has 0 spiro atoms. The summed E-state index contributed by atoms with van der Waals surface area (Å²) in [6.45, 7) is 7.52. The molecule has 0 amide bonds. The van der Waals surface area contributed by atoms with Gasteiger partial charge in [0, 0.05) is 35.2 Å². The Morgan fingerprint density at radius 2 is 2.22 bits per heavy atom. The van der Waals surface area contributed by atoms with Crippen molar-refractivity contribution in [3.63, 3.8) is 0 Å². The van der Waals surface area contributed by atoms with Gasteiger partial charge in [0.25, 0.3) is 0 Å². The monoisotopic (exact) mass is 330 g/mol. The summed E-state index contributed by atoms with van der Waals surface area (Å²) in [4.78, 5) is 2.46. The second-order valence-corrected chi connectivity index (χ2v) is 7.12. The minimum absolute atomic E-state index is 0.184. The molecule has 1 aliphatic rings. The number of nitrogens with two attached hydrogens (primary N) is 1. The summed E-state index contributed by atoms with van der Waals surface area (Å²) < 4.78 is 1.12. The fourth-order valence-electron chi connectivity index (χ4n) is 2.53. The van der Waals surface area contributed by atoms with Gasteiger partial charge in [-0.15, -0.1) is 0 Å². The standard InChI is InChI=1S/C14H20BrClN2/c1-14(2)9-18(6-5-13(14)17)8-10-7-11(16)3-4-12(10)15/h3-4,7,13H,5-6,8-9,17H2,1-2H3. The van der Waals surface area contributed by atoms with Crippen LogP contribution < -0.4 is 5.73 Å². The van der Waals surface area contributed by atoms with Crippen LogP contribution in [0.3, 0.4) is 0 Å². The summed E-state index contributed by atoms with van der Waals surface area (Å²) in [6, 6.07) is 6.26. The third kappa shape index (κ3) is 3.27. The quantitative estimate of drug-likeness (QED) is 0.896. The van der Waals surface area contributed by atoms with Crippen LogP contribution in [0.4, 0.5) is 0 Å². The van der Waals surface area contributed by atoms with Gasteiger partial charge in [0.1, 0.15) is 0 Å². The third-order valence-corrected chi connectivity index (χ3v) is 4.80. The molecule has 4 heteroatoms. The molecule has 2 rings (SSSR count). The lowest BCUT2D eigenvalue weighted by Gasteiger charge is -2.42. The van der Waals surface area contributed by atoms with Crippen molar-refractivity contribution in [2.75, 3.05) is 13.1 Å². The van der Waals surface area contributed by atoms with E-state index in [1.807, 2.05) is 18.2 Å². The Hall–Kier alpha value is -0.0900. The molecule has 2 N–H and O–H groups in total. The number of halogens is 2. The predicted octanol–water partition coefficient (Wildman–Crippen LogP) is 3.66. The fourth-order valence-corrected chi connectivity index (χ4v) is 3.09. The number of hydrogen-bond donors (Lipinski definition) is 1. The van der Waals surface area contributed by atoms with Crippen molar-refractivity contribution in [2.45, 2.75) is 32.9 Å². The fraction of sp³-hybridized carbons (Fsp3) is 0.571. The van der Waals surface area contributed by atoms with E-state index in [4.69, 9.17) is 17.3 Å². The maximum absolute atomic E-state index is 6.17. The highest BCUT2D eigenvalue weighted by Gasteiger charge is 2.33. The second-order valence-electron chi connectivity index (χ2n) is 5.83. The van der Waals surface area contributed by atoms with Crippen LogP contribution in [0, 0.1) is 5.41 Å². The molecule has 100 valence electrons. The van der Waals surface area contributed by atoms with Gasteiger partial charge in [-0.1, -0.05) is 41.4 Å². The van der Waals surface area contributed by atoms with Gasteiger partial charge < -0.3 is 5.73 Å². The molecule has 1 atom stereocenters. The zero-order valence-electron chi connectivity index (χ0n) is 10.9. The first-order chi connectivity index (χ1) is 8.38. The molecule has 1 heterocycles. The van der Waals surface area contributed by atoms with Crippen LogP contribution in [0.15, 0.2) is 22.7 Å². The molecule has 1 fully saturated rings. The molecule has 2 nitrogen and oxygen atoms in total. The molecule has 0 aromatic heterocycles. The number of benzene rings is 1. The molecule has 0 radical (unpaired) electrons. The molecule has 0 bridgehead atoms. The number of piperidine rings is 1. The van der Waals surface area contributed by atoms with Crippen molar-refractivity contribution in [1.29, 1.82) is 0 Å². The van der Waals surface area contributed by atoms with Gasteiger partial charge in [0.2, 0.25) is 0 Å². The lowest BCUT2D eigenvalue weighted by Crippen LogP contribution is -2.52. The van der Waals surface area contributed by atoms with Crippen LogP contribution in [0.1, 0.15) is 25.8 Å². The van der Waals surface area contributed by atoms with Crippen molar-refractivity contribution in [3.8, 4) is 0 Å². The topological polar surface area (TPSA) is 29.3 Å². The highest BCUT2D eigenvalue weighted by Crippen LogP contribution is 2.30. The van der Waals surface area contributed by atoms with Crippen molar-refractivity contribution < 1.29 is 0 Å². The first-order valence-electron chi connectivity index (χ1n) is 6.30. The van der Waals surface area contributed by atoms with Crippen LogP contribution in [-0.4, -0.2) is 24.0 Å². The van der Waals surface area contributed by atoms with E-state index in [1.165, 1.54) is 5.56 Å². The van der Waals surface area contributed by atoms with Gasteiger partial charge in [-0.05, 0) is 35.6 Å². The summed E-state index contributed by atoms with van der Waals surface area (Å²) in [6.07, 6.45) is 1.06. The van der Waals surface area contributed by atoms with Crippen molar-refractivity contribution >= 4 is 27.5 Å². The Morgan fingerprint density at radius 3 is 2.89 bits per heavy atom. The maximum Gasteiger partial charge on any atom is 0.0410 e. The lowest BCUT2D eigenvalue weighted by atomic mass is 9.79. The Kier molecular flexibility index (Phi) is 4.37. The number of rotatable bonds is 2. The Labute approximate surface area is 123 Å². The summed E-state index contributed by atoms with van der Waals surface area (Å²) in [7, 11) is 0. The van der Waals surface area contributed by atoms with Crippen molar-refractivity contribution in [2.24, 2.45) is 11.1 Å². The summed E-state index contributed by atoms with van der Waals surface area (Å²) >= 11 is 9.64. The predicted molar refractivity (Wildman–Crippen MR) is 80.8 cm³/mol. The van der Waals surface area contributed by atoms with Gasteiger partial charge in [0.15, 0.2) is 0 Å². The summed E-state index contributed by atoms with van der Waals surface area (Å²) in [5.41, 5.74) is 7.59. The molecule has 1 aliphatic heterocycles. The van der Waals surface area contributed by atoms with Crippen LogP contribution in [0.2, 0.25) is 5.02 Å². The van der Waals surface area contributed by atoms with E-state index in [0.29, 0.717) is 6.04 Å². The first kappa shape index (κ1) is 14.3. The molecular formula is C14H20BrClN2. The number of nitrogens with zero attached hydrogens (tertiary/aromatic N) is 1. The number of hydrogen-bond acceptors (Lipinski definition) is 2. The van der Waals surface area contributed by atoms with Crippen LogP contribution in [0.25, 0.3) is 0 Å². The smallest absolute Gasteiger partial charge is 0.0410 e.